The maximum atomic E-state index is 13.0. The Bertz CT molecular complexity index is 619. The molecule has 0 N–H and O–H groups in total. The highest BCUT2D eigenvalue weighted by molar-refractivity contribution is 9.10. The third kappa shape index (κ3) is 2.72. The van der Waals surface area contributed by atoms with Crippen LogP contribution in [-0.2, 0) is 6.54 Å². The fraction of sp³-hybridized carbons (Fsp3) is 0.273. The molecule has 19 heavy (non-hydrogen) atoms. The molecule has 0 radical (unpaired) electrons. The standard InChI is InChI=1S/C11H6BrClF5N/c12-7-3-6-1-2-19(9(6)8(13)4-7)5-10(14,15)11(16,17)18/h1-4H,5H2. The molecule has 0 aliphatic carbocycles. The molecule has 2 rings (SSSR count). The van der Waals surface area contributed by atoms with Crippen molar-refractivity contribution in [1.29, 1.82) is 0 Å². The molecule has 1 heterocycles. The van der Waals surface area contributed by atoms with Gasteiger partial charge in [-0.15, -0.1) is 0 Å². The summed E-state index contributed by atoms with van der Waals surface area (Å²) in [6.07, 6.45) is -4.44. The largest absolute Gasteiger partial charge is 0.455 e. The summed E-state index contributed by atoms with van der Waals surface area (Å²) in [6, 6.07) is 4.45. The molecule has 0 fully saturated rings. The molecule has 0 aliphatic rings. The average Bonchev–Trinajstić information content (AvgIpc) is 2.58. The van der Waals surface area contributed by atoms with Crippen LogP contribution in [0.3, 0.4) is 0 Å². The molecule has 0 amide bonds. The minimum absolute atomic E-state index is 0.104. The molecule has 0 unspecified atom stereocenters. The summed E-state index contributed by atoms with van der Waals surface area (Å²) in [6.45, 7) is -1.50. The van der Waals surface area contributed by atoms with Crippen molar-refractivity contribution in [1.82, 2.24) is 4.57 Å². The molecule has 0 atom stereocenters. The molecular formula is C11H6BrClF5N. The van der Waals surface area contributed by atoms with E-state index >= 15 is 0 Å². The number of fused-ring (bicyclic) bond motifs is 1. The van der Waals surface area contributed by atoms with Crippen molar-refractivity contribution >= 4 is 38.4 Å². The van der Waals surface area contributed by atoms with Crippen LogP contribution >= 0.6 is 27.5 Å². The van der Waals surface area contributed by atoms with Gasteiger partial charge in [-0.25, -0.2) is 0 Å². The number of rotatable bonds is 2. The van der Waals surface area contributed by atoms with Gasteiger partial charge in [-0.05, 0) is 18.2 Å². The quantitative estimate of drug-likeness (QED) is 0.643. The molecule has 0 aliphatic heterocycles. The van der Waals surface area contributed by atoms with Crippen molar-refractivity contribution in [3.8, 4) is 0 Å². The first-order chi connectivity index (χ1) is 8.62. The number of halogens is 7. The van der Waals surface area contributed by atoms with E-state index in [4.69, 9.17) is 11.6 Å². The lowest BCUT2D eigenvalue weighted by Gasteiger charge is -2.20. The van der Waals surface area contributed by atoms with Gasteiger partial charge in [-0.1, -0.05) is 27.5 Å². The van der Waals surface area contributed by atoms with E-state index < -0.39 is 18.6 Å². The van der Waals surface area contributed by atoms with Crippen molar-refractivity contribution in [2.45, 2.75) is 18.6 Å². The minimum atomic E-state index is -5.59. The SMILES string of the molecule is FC(F)(F)C(F)(F)Cn1ccc2cc(Br)cc(Cl)c21. The van der Waals surface area contributed by atoms with Gasteiger partial charge in [-0.2, -0.15) is 22.0 Å². The monoisotopic (exact) mass is 361 g/mol. The molecule has 104 valence electrons. The highest BCUT2D eigenvalue weighted by Crippen LogP contribution is 2.38. The van der Waals surface area contributed by atoms with Crippen molar-refractivity contribution < 1.29 is 22.0 Å². The highest BCUT2D eigenvalue weighted by Gasteiger charge is 2.57. The predicted octanol–water partition coefficient (Wildman–Crippen LogP) is 5.25. The van der Waals surface area contributed by atoms with Gasteiger partial charge in [0.2, 0.25) is 0 Å². The van der Waals surface area contributed by atoms with E-state index in [-0.39, 0.29) is 10.5 Å². The van der Waals surface area contributed by atoms with Crippen molar-refractivity contribution in [3.63, 3.8) is 0 Å². The Balaban J connectivity index is 2.48. The van der Waals surface area contributed by atoms with Crippen LogP contribution < -0.4 is 0 Å². The summed E-state index contributed by atoms with van der Waals surface area (Å²) in [5, 5.41) is 0.588. The second-order valence-electron chi connectivity index (χ2n) is 3.97. The molecule has 1 nitrogen and oxygen atoms in total. The van der Waals surface area contributed by atoms with Gasteiger partial charge in [0.05, 0.1) is 17.1 Å². The first-order valence-electron chi connectivity index (χ1n) is 5.00. The number of hydrogen-bond donors (Lipinski definition) is 0. The number of benzene rings is 1. The Kier molecular flexibility index (Phi) is 3.55. The lowest BCUT2D eigenvalue weighted by molar-refractivity contribution is -0.286. The van der Waals surface area contributed by atoms with Crippen LogP contribution in [0.15, 0.2) is 28.9 Å². The van der Waals surface area contributed by atoms with Crippen LogP contribution in [0.25, 0.3) is 10.9 Å². The van der Waals surface area contributed by atoms with Gasteiger partial charge in [-0.3, -0.25) is 0 Å². The average molecular weight is 363 g/mol. The molecule has 1 aromatic heterocycles. The smallest absolute Gasteiger partial charge is 0.340 e. The Labute approximate surface area is 118 Å². The van der Waals surface area contributed by atoms with Crippen molar-refractivity contribution in [2.24, 2.45) is 0 Å². The van der Waals surface area contributed by atoms with Crippen LogP contribution in [0.5, 0.6) is 0 Å². The van der Waals surface area contributed by atoms with Gasteiger partial charge in [0.1, 0.15) is 0 Å². The van der Waals surface area contributed by atoms with Gasteiger partial charge in [0, 0.05) is 16.1 Å². The maximum Gasteiger partial charge on any atom is 0.455 e. The van der Waals surface area contributed by atoms with E-state index in [1.807, 2.05) is 0 Å². The zero-order valence-electron chi connectivity index (χ0n) is 9.11. The Hall–Kier alpha value is -0.820. The van der Waals surface area contributed by atoms with Crippen LogP contribution in [0.2, 0.25) is 5.02 Å². The number of nitrogens with zero attached hydrogens (tertiary/aromatic N) is 1. The lowest BCUT2D eigenvalue weighted by Crippen LogP contribution is -2.40. The van der Waals surface area contributed by atoms with E-state index in [1.54, 1.807) is 6.07 Å². The fourth-order valence-corrected chi connectivity index (χ4v) is 2.64. The maximum absolute atomic E-state index is 13.0. The first kappa shape index (κ1) is 14.6. The molecule has 1 aromatic carbocycles. The molecule has 2 aromatic rings. The second kappa shape index (κ2) is 4.63. The van der Waals surface area contributed by atoms with Crippen LogP contribution in [0, 0.1) is 0 Å². The topological polar surface area (TPSA) is 4.93 Å². The molecule has 0 bridgehead atoms. The van der Waals surface area contributed by atoms with Crippen LogP contribution in [-0.4, -0.2) is 16.7 Å². The van der Waals surface area contributed by atoms with E-state index in [9.17, 15) is 22.0 Å². The van der Waals surface area contributed by atoms with Gasteiger partial charge >= 0.3 is 12.1 Å². The molecular weight excluding hydrogens is 356 g/mol. The zero-order valence-corrected chi connectivity index (χ0v) is 11.5. The predicted molar refractivity (Wildman–Crippen MR) is 65.7 cm³/mol. The number of hydrogen-bond acceptors (Lipinski definition) is 0. The molecule has 0 saturated heterocycles. The Morgan fingerprint density at radius 3 is 2.37 bits per heavy atom. The summed E-state index contributed by atoms with van der Waals surface area (Å²) in [5.74, 6) is -4.81. The van der Waals surface area contributed by atoms with Crippen LogP contribution in [0.1, 0.15) is 0 Å². The summed E-state index contributed by atoms with van der Waals surface area (Å²) >= 11 is 9.04. The first-order valence-corrected chi connectivity index (χ1v) is 6.17. The normalized spacial score (nSPS) is 13.2. The summed E-state index contributed by atoms with van der Waals surface area (Å²) < 4.78 is 64.0. The van der Waals surface area contributed by atoms with E-state index in [0.717, 1.165) is 10.8 Å². The Morgan fingerprint density at radius 2 is 1.79 bits per heavy atom. The minimum Gasteiger partial charge on any atom is -0.340 e. The molecule has 0 saturated carbocycles. The molecule has 0 spiro atoms. The number of aromatic nitrogens is 1. The lowest BCUT2D eigenvalue weighted by atomic mass is 10.2. The second-order valence-corrected chi connectivity index (χ2v) is 5.29. The highest BCUT2D eigenvalue weighted by atomic mass is 79.9. The third-order valence-corrected chi connectivity index (χ3v) is 3.31. The van der Waals surface area contributed by atoms with Gasteiger partial charge < -0.3 is 4.57 Å². The van der Waals surface area contributed by atoms with Gasteiger partial charge in [0.15, 0.2) is 0 Å². The zero-order chi connectivity index (χ0) is 14.4. The van der Waals surface area contributed by atoms with E-state index in [1.165, 1.54) is 12.1 Å². The van der Waals surface area contributed by atoms with E-state index in [2.05, 4.69) is 15.9 Å². The Morgan fingerprint density at radius 1 is 1.16 bits per heavy atom. The van der Waals surface area contributed by atoms with Crippen molar-refractivity contribution in [3.05, 3.63) is 33.9 Å². The van der Waals surface area contributed by atoms with Gasteiger partial charge in [0.25, 0.3) is 0 Å². The van der Waals surface area contributed by atoms with Crippen LogP contribution in [0.4, 0.5) is 22.0 Å². The summed E-state index contributed by atoms with van der Waals surface area (Å²) in [4.78, 5) is 0. The summed E-state index contributed by atoms with van der Waals surface area (Å²) in [7, 11) is 0. The summed E-state index contributed by atoms with van der Waals surface area (Å²) in [5.41, 5.74) is 0.147. The fourth-order valence-electron chi connectivity index (χ4n) is 1.70. The van der Waals surface area contributed by atoms with Crippen molar-refractivity contribution in [2.75, 3.05) is 0 Å². The molecule has 8 heteroatoms. The van der Waals surface area contributed by atoms with E-state index in [0.29, 0.717) is 9.86 Å². The number of alkyl halides is 5. The third-order valence-electron chi connectivity index (χ3n) is 2.56.